The second-order valence-electron chi connectivity index (χ2n) is 4.26. The number of para-hydroxylation sites is 1. The zero-order valence-electron chi connectivity index (χ0n) is 11.2. The minimum absolute atomic E-state index is 0.0279. The maximum atomic E-state index is 11.8. The molecular weight excluding hydrogens is 374 g/mol. The van der Waals surface area contributed by atoms with Gasteiger partial charge in [0.1, 0.15) is 11.3 Å². The van der Waals surface area contributed by atoms with E-state index in [1.165, 1.54) is 12.1 Å². The summed E-state index contributed by atoms with van der Waals surface area (Å²) in [5.74, 6) is -1.46. The molecule has 0 aliphatic heterocycles. The standard InChI is InChI=1S/C15H11BrClNO4/c16-9-5-6-13(10(7-9)15(20)21)22-8-14(19)18-12-4-2-1-3-11(12)17/h1-7H,8H2,(H,18,19)(H,20,21). The largest absolute Gasteiger partial charge is 0.483 e. The number of nitrogens with one attached hydrogen (secondary N) is 1. The molecule has 2 aromatic rings. The normalized spacial score (nSPS) is 10.1. The number of hydrogen-bond acceptors (Lipinski definition) is 3. The van der Waals surface area contributed by atoms with E-state index in [0.29, 0.717) is 15.2 Å². The maximum absolute atomic E-state index is 11.8. The molecule has 2 aromatic carbocycles. The molecule has 22 heavy (non-hydrogen) atoms. The van der Waals surface area contributed by atoms with E-state index >= 15 is 0 Å². The molecule has 0 radical (unpaired) electrons. The van der Waals surface area contributed by atoms with Gasteiger partial charge in [0, 0.05) is 4.47 Å². The molecule has 0 saturated heterocycles. The number of carboxylic acids is 1. The first-order valence-electron chi connectivity index (χ1n) is 6.17. The average molecular weight is 385 g/mol. The second-order valence-corrected chi connectivity index (χ2v) is 5.59. The number of anilines is 1. The van der Waals surface area contributed by atoms with Crippen molar-refractivity contribution >= 4 is 45.1 Å². The highest BCUT2D eigenvalue weighted by Gasteiger charge is 2.13. The third-order valence-electron chi connectivity index (χ3n) is 2.68. The number of amides is 1. The van der Waals surface area contributed by atoms with Crippen LogP contribution in [0, 0.1) is 0 Å². The van der Waals surface area contributed by atoms with E-state index in [0.717, 1.165) is 0 Å². The Kier molecular flexibility index (Phi) is 5.41. The third-order valence-corrected chi connectivity index (χ3v) is 3.50. The topological polar surface area (TPSA) is 75.6 Å². The fourth-order valence-corrected chi connectivity index (χ4v) is 2.23. The molecule has 2 rings (SSSR count). The Hall–Kier alpha value is -2.05. The van der Waals surface area contributed by atoms with Crippen molar-refractivity contribution in [3.05, 3.63) is 57.5 Å². The first-order valence-corrected chi connectivity index (χ1v) is 7.34. The van der Waals surface area contributed by atoms with Crippen LogP contribution in [0.2, 0.25) is 5.02 Å². The van der Waals surface area contributed by atoms with E-state index in [1.54, 1.807) is 30.3 Å². The summed E-state index contributed by atoms with van der Waals surface area (Å²) >= 11 is 9.12. The molecule has 2 N–H and O–H groups in total. The number of aromatic carboxylic acids is 1. The lowest BCUT2D eigenvalue weighted by Crippen LogP contribution is -2.21. The van der Waals surface area contributed by atoms with Gasteiger partial charge >= 0.3 is 5.97 Å². The van der Waals surface area contributed by atoms with Crippen LogP contribution in [0.4, 0.5) is 5.69 Å². The molecule has 5 nitrogen and oxygen atoms in total. The predicted molar refractivity (Wildman–Crippen MR) is 86.7 cm³/mol. The van der Waals surface area contributed by atoms with E-state index in [2.05, 4.69) is 21.2 Å². The first-order chi connectivity index (χ1) is 10.5. The van der Waals surface area contributed by atoms with Crippen molar-refractivity contribution in [3.63, 3.8) is 0 Å². The lowest BCUT2D eigenvalue weighted by atomic mass is 10.2. The van der Waals surface area contributed by atoms with E-state index in [9.17, 15) is 9.59 Å². The molecule has 7 heteroatoms. The van der Waals surface area contributed by atoms with E-state index < -0.39 is 11.9 Å². The predicted octanol–water partition coefficient (Wildman–Crippen LogP) is 3.82. The van der Waals surface area contributed by atoms with Gasteiger partial charge in [-0.05, 0) is 30.3 Å². The summed E-state index contributed by atoms with van der Waals surface area (Å²) < 4.78 is 5.88. The zero-order chi connectivity index (χ0) is 16.1. The molecule has 0 aromatic heterocycles. The van der Waals surface area contributed by atoms with Crippen LogP contribution in [0.5, 0.6) is 5.75 Å². The lowest BCUT2D eigenvalue weighted by molar-refractivity contribution is -0.118. The Labute approximate surface area is 140 Å². The molecule has 0 saturated carbocycles. The molecular formula is C15H11BrClNO4. The van der Waals surface area contributed by atoms with Crippen LogP contribution in [0.15, 0.2) is 46.9 Å². The number of ether oxygens (including phenoxy) is 1. The summed E-state index contributed by atoms with van der Waals surface area (Å²) in [6.45, 7) is -0.326. The van der Waals surface area contributed by atoms with Crippen molar-refractivity contribution in [2.75, 3.05) is 11.9 Å². The van der Waals surface area contributed by atoms with Crippen LogP contribution in [0.25, 0.3) is 0 Å². The number of benzene rings is 2. The van der Waals surface area contributed by atoms with Crippen LogP contribution in [0.3, 0.4) is 0 Å². The van der Waals surface area contributed by atoms with Gasteiger partial charge in [-0.1, -0.05) is 39.7 Å². The zero-order valence-corrected chi connectivity index (χ0v) is 13.5. The van der Waals surface area contributed by atoms with E-state index in [4.69, 9.17) is 21.4 Å². The van der Waals surface area contributed by atoms with Crippen LogP contribution in [0.1, 0.15) is 10.4 Å². The van der Waals surface area contributed by atoms with Gasteiger partial charge in [0.2, 0.25) is 0 Å². The number of rotatable bonds is 5. The third kappa shape index (κ3) is 4.22. The quantitative estimate of drug-likeness (QED) is 0.822. The van der Waals surface area contributed by atoms with Crippen LogP contribution >= 0.6 is 27.5 Å². The van der Waals surface area contributed by atoms with Gasteiger partial charge in [-0.2, -0.15) is 0 Å². The smallest absolute Gasteiger partial charge is 0.339 e. The summed E-state index contributed by atoms with van der Waals surface area (Å²) in [4.78, 5) is 23.0. The molecule has 0 aliphatic carbocycles. The minimum Gasteiger partial charge on any atom is -0.483 e. The fourth-order valence-electron chi connectivity index (χ4n) is 1.69. The number of halogens is 2. The van der Waals surface area contributed by atoms with Crippen molar-refractivity contribution in [2.45, 2.75) is 0 Å². The summed E-state index contributed by atoms with van der Waals surface area (Å²) in [6, 6.07) is 11.3. The number of carboxylic acid groups (broad SMARTS) is 1. The lowest BCUT2D eigenvalue weighted by Gasteiger charge is -2.10. The van der Waals surface area contributed by atoms with Gasteiger partial charge in [-0.3, -0.25) is 4.79 Å². The minimum atomic E-state index is -1.14. The van der Waals surface area contributed by atoms with E-state index in [-0.39, 0.29) is 17.9 Å². The fraction of sp³-hybridized carbons (Fsp3) is 0.0667. The highest BCUT2D eigenvalue weighted by molar-refractivity contribution is 9.10. The van der Waals surface area contributed by atoms with Crippen molar-refractivity contribution in [3.8, 4) is 5.75 Å². The molecule has 0 unspecified atom stereocenters. The molecule has 0 aliphatic rings. The number of carbonyl (C=O) groups excluding carboxylic acids is 1. The molecule has 0 bridgehead atoms. The van der Waals surface area contributed by atoms with Crippen LogP contribution in [-0.2, 0) is 4.79 Å². The van der Waals surface area contributed by atoms with Crippen LogP contribution in [-0.4, -0.2) is 23.6 Å². The summed E-state index contributed by atoms with van der Waals surface area (Å²) in [7, 11) is 0. The molecule has 0 atom stereocenters. The summed E-state index contributed by atoms with van der Waals surface area (Å²) in [5, 5.41) is 12.1. The van der Waals surface area contributed by atoms with Gasteiger partial charge < -0.3 is 15.2 Å². The highest BCUT2D eigenvalue weighted by Crippen LogP contribution is 2.24. The Balaban J connectivity index is 2.03. The van der Waals surface area contributed by atoms with Gasteiger partial charge in [0.15, 0.2) is 6.61 Å². The molecule has 0 spiro atoms. The van der Waals surface area contributed by atoms with Gasteiger partial charge in [0.25, 0.3) is 5.91 Å². The highest BCUT2D eigenvalue weighted by atomic mass is 79.9. The van der Waals surface area contributed by atoms with Crippen molar-refractivity contribution in [2.24, 2.45) is 0 Å². The molecule has 0 fully saturated rings. The number of carbonyl (C=O) groups is 2. The molecule has 114 valence electrons. The molecule has 0 heterocycles. The average Bonchev–Trinajstić information content (AvgIpc) is 2.48. The number of hydrogen-bond donors (Lipinski definition) is 2. The maximum Gasteiger partial charge on any atom is 0.339 e. The first kappa shape index (κ1) is 16.3. The summed E-state index contributed by atoms with van der Waals surface area (Å²) in [6.07, 6.45) is 0. The van der Waals surface area contributed by atoms with Crippen molar-refractivity contribution in [1.29, 1.82) is 0 Å². The van der Waals surface area contributed by atoms with Gasteiger partial charge in [0.05, 0.1) is 10.7 Å². The van der Waals surface area contributed by atoms with Crippen molar-refractivity contribution < 1.29 is 19.4 Å². The Morgan fingerprint density at radius 2 is 1.95 bits per heavy atom. The summed E-state index contributed by atoms with van der Waals surface area (Å²) in [5.41, 5.74) is 0.437. The van der Waals surface area contributed by atoms with E-state index in [1.807, 2.05) is 0 Å². The van der Waals surface area contributed by atoms with Crippen molar-refractivity contribution in [1.82, 2.24) is 0 Å². The Morgan fingerprint density at radius 3 is 2.64 bits per heavy atom. The molecule has 1 amide bonds. The van der Waals surface area contributed by atoms with Gasteiger partial charge in [-0.25, -0.2) is 4.79 Å². The second kappa shape index (κ2) is 7.29. The Bertz CT molecular complexity index is 720. The Morgan fingerprint density at radius 1 is 1.23 bits per heavy atom. The van der Waals surface area contributed by atoms with Gasteiger partial charge in [-0.15, -0.1) is 0 Å². The van der Waals surface area contributed by atoms with Crippen LogP contribution < -0.4 is 10.1 Å². The monoisotopic (exact) mass is 383 g/mol. The SMILES string of the molecule is O=C(COc1ccc(Br)cc1C(=O)O)Nc1ccccc1Cl.